The van der Waals surface area contributed by atoms with Gasteiger partial charge in [0, 0.05) is 18.4 Å². The maximum absolute atomic E-state index is 13.5. The number of ether oxygens (including phenoxy) is 2. The Kier molecular flexibility index (Phi) is 16.9. The van der Waals surface area contributed by atoms with Crippen molar-refractivity contribution in [1.82, 2.24) is 10.6 Å². The quantitative estimate of drug-likeness (QED) is 0.0557. The van der Waals surface area contributed by atoms with Crippen molar-refractivity contribution in [3.63, 3.8) is 0 Å². The maximum Gasteiger partial charge on any atom is 0.373 e. The average Bonchev–Trinajstić information content (AvgIpc) is 3.14. The Morgan fingerprint density at radius 1 is 0.927 bits per heavy atom. The van der Waals surface area contributed by atoms with Crippen molar-refractivity contribution in [3.05, 3.63) is 133 Å². The van der Waals surface area contributed by atoms with Gasteiger partial charge in [0.2, 0.25) is 11.8 Å². The molecule has 0 unspecified atom stereocenters. The standard InChI is InChI=1S/C46H62N2O6Si/c1-11-12-23-36(54-55(46(7,8)9,37-25-15-13-16-26-37)38-27-17-14-18-28-38)24-21-32-47-43(50)42(45(4,5)6)48-41(49)29-20-19-22-34(2)33-35(3)39-30-31-40(52-10)44(51)53-39/h11-22,25-29,31-33,35-36,39,42H,23-24,30H2,1-10H3,(H,47,50)(H,48,49)/b12-11-,22-19-,29-20-,32-21-,34-33+/t35-,36+,39-,42+/m0/s1. The van der Waals surface area contributed by atoms with Crippen molar-refractivity contribution in [1.29, 1.82) is 0 Å². The number of carbonyl (C=O) groups is 3. The molecule has 55 heavy (non-hydrogen) atoms. The van der Waals surface area contributed by atoms with E-state index in [0.29, 0.717) is 12.8 Å². The van der Waals surface area contributed by atoms with E-state index < -0.39 is 25.7 Å². The van der Waals surface area contributed by atoms with Crippen molar-refractivity contribution >= 4 is 36.5 Å². The Labute approximate surface area is 330 Å². The molecule has 1 heterocycles. The van der Waals surface area contributed by atoms with Crippen LogP contribution in [0.15, 0.2) is 133 Å². The highest BCUT2D eigenvalue weighted by molar-refractivity contribution is 6.99. The lowest BCUT2D eigenvalue weighted by Crippen LogP contribution is -2.67. The summed E-state index contributed by atoms with van der Waals surface area (Å²) in [6.45, 7) is 18.5. The summed E-state index contributed by atoms with van der Waals surface area (Å²) in [5, 5.41) is 8.06. The Hall–Kier alpha value is -4.73. The molecule has 2 aromatic carbocycles. The summed E-state index contributed by atoms with van der Waals surface area (Å²) in [5.41, 5.74) is 0.411. The van der Waals surface area contributed by atoms with Gasteiger partial charge in [-0.1, -0.05) is 157 Å². The highest BCUT2D eigenvalue weighted by atomic mass is 28.4. The molecule has 1 aliphatic rings. The molecule has 296 valence electrons. The van der Waals surface area contributed by atoms with Gasteiger partial charge in [0.25, 0.3) is 8.32 Å². The van der Waals surface area contributed by atoms with Gasteiger partial charge in [0.05, 0.1) is 13.2 Å². The zero-order chi connectivity index (χ0) is 40.6. The molecule has 0 aromatic heterocycles. The van der Waals surface area contributed by atoms with Crippen LogP contribution in [-0.4, -0.2) is 51.5 Å². The summed E-state index contributed by atoms with van der Waals surface area (Å²) < 4.78 is 17.9. The number of allylic oxidation sites excluding steroid dienone is 5. The summed E-state index contributed by atoms with van der Waals surface area (Å²) >= 11 is 0. The SMILES string of the molecule is C/C=C\C[C@H](C/C=C\NC(=O)[C@@H](NC(=O)\C=C/C=C\C(C)=C\[C@H](C)[C@@H]1CC=C(OC)C(=O)O1)C(C)(C)C)O[Si](c1ccccc1)(c1ccccc1)C(C)(C)C. The monoisotopic (exact) mass is 766 g/mol. The molecule has 9 heteroatoms. The number of esters is 1. The number of cyclic esters (lactones) is 1. The van der Waals surface area contributed by atoms with Crippen LogP contribution in [0.3, 0.4) is 0 Å². The number of carbonyl (C=O) groups excluding carboxylic acids is 3. The molecule has 3 rings (SSSR count). The second kappa shape index (κ2) is 20.8. The van der Waals surface area contributed by atoms with E-state index in [9.17, 15) is 14.4 Å². The van der Waals surface area contributed by atoms with Gasteiger partial charge in [0.15, 0.2) is 5.76 Å². The molecule has 2 aromatic rings. The lowest BCUT2D eigenvalue weighted by Gasteiger charge is -2.45. The lowest BCUT2D eigenvalue weighted by molar-refractivity contribution is -0.151. The van der Waals surface area contributed by atoms with Gasteiger partial charge in [0.1, 0.15) is 12.1 Å². The molecule has 8 nitrogen and oxygen atoms in total. The number of hydrogen-bond donors (Lipinski definition) is 2. The summed E-state index contributed by atoms with van der Waals surface area (Å²) in [5.74, 6) is -0.909. The fourth-order valence-corrected chi connectivity index (χ4v) is 11.4. The molecule has 2 amide bonds. The molecular weight excluding hydrogens is 705 g/mol. The van der Waals surface area contributed by atoms with Crippen LogP contribution in [0.2, 0.25) is 5.04 Å². The van der Waals surface area contributed by atoms with Gasteiger partial charge >= 0.3 is 5.97 Å². The van der Waals surface area contributed by atoms with E-state index >= 15 is 0 Å². The lowest BCUT2D eigenvalue weighted by atomic mass is 9.86. The van der Waals surface area contributed by atoms with E-state index in [1.807, 2.05) is 78.0 Å². The van der Waals surface area contributed by atoms with Crippen LogP contribution in [-0.2, 0) is 28.3 Å². The Bertz CT molecular complexity index is 1710. The number of methoxy groups -OCH3 is 1. The molecule has 1 aliphatic heterocycles. The van der Waals surface area contributed by atoms with Gasteiger partial charge in [-0.15, -0.1) is 0 Å². The third-order valence-corrected chi connectivity index (χ3v) is 14.7. The van der Waals surface area contributed by atoms with Crippen LogP contribution in [0, 0.1) is 11.3 Å². The Morgan fingerprint density at radius 3 is 2.04 bits per heavy atom. The molecule has 0 saturated carbocycles. The molecule has 0 radical (unpaired) electrons. The summed E-state index contributed by atoms with van der Waals surface area (Å²) in [4.78, 5) is 38.5. The van der Waals surface area contributed by atoms with Gasteiger partial charge in [-0.25, -0.2) is 4.79 Å². The number of nitrogens with one attached hydrogen (secondary N) is 2. The zero-order valence-electron chi connectivity index (χ0n) is 34.4. The minimum absolute atomic E-state index is 0.00953. The summed E-state index contributed by atoms with van der Waals surface area (Å²) in [6.07, 6.45) is 19.7. The van der Waals surface area contributed by atoms with Gasteiger partial charge in [-0.05, 0) is 59.8 Å². The number of amides is 2. The molecule has 0 fully saturated rings. The van der Waals surface area contributed by atoms with E-state index in [1.165, 1.54) is 23.6 Å². The second-order valence-corrected chi connectivity index (χ2v) is 20.4. The zero-order valence-corrected chi connectivity index (χ0v) is 35.4. The normalized spacial score (nSPS) is 17.6. The van der Waals surface area contributed by atoms with Crippen LogP contribution >= 0.6 is 0 Å². The molecule has 2 N–H and O–H groups in total. The minimum atomic E-state index is -2.79. The van der Waals surface area contributed by atoms with Gasteiger partial charge < -0.3 is 24.5 Å². The predicted molar refractivity (Wildman–Crippen MR) is 226 cm³/mol. The first-order chi connectivity index (χ1) is 26.0. The summed E-state index contributed by atoms with van der Waals surface area (Å²) in [7, 11) is -1.33. The van der Waals surface area contributed by atoms with E-state index in [-0.39, 0.29) is 40.7 Å². The van der Waals surface area contributed by atoms with Crippen LogP contribution in [0.25, 0.3) is 0 Å². The third-order valence-electron chi connectivity index (χ3n) is 9.60. The van der Waals surface area contributed by atoms with Crippen molar-refractivity contribution in [2.24, 2.45) is 11.3 Å². The maximum atomic E-state index is 13.5. The highest BCUT2D eigenvalue weighted by Gasteiger charge is 2.51. The number of benzene rings is 2. The van der Waals surface area contributed by atoms with Crippen LogP contribution in [0.4, 0.5) is 0 Å². The molecule has 4 atom stereocenters. The van der Waals surface area contributed by atoms with E-state index in [4.69, 9.17) is 13.9 Å². The fourth-order valence-electron chi connectivity index (χ4n) is 6.70. The van der Waals surface area contributed by atoms with Crippen molar-refractivity contribution in [2.45, 2.75) is 105 Å². The van der Waals surface area contributed by atoms with E-state index in [0.717, 1.165) is 12.0 Å². The van der Waals surface area contributed by atoms with E-state index in [1.54, 1.807) is 24.4 Å². The first-order valence-corrected chi connectivity index (χ1v) is 21.1. The molecule has 0 spiro atoms. The average molecular weight is 767 g/mol. The topological polar surface area (TPSA) is 103 Å². The minimum Gasteiger partial charge on any atom is -0.490 e. The third kappa shape index (κ3) is 12.9. The predicted octanol–water partition coefficient (Wildman–Crippen LogP) is 7.99. The highest BCUT2D eigenvalue weighted by Crippen LogP contribution is 2.38. The second-order valence-electron chi connectivity index (χ2n) is 16.1. The number of rotatable bonds is 17. The van der Waals surface area contributed by atoms with Crippen LogP contribution in [0.1, 0.15) is 81.6 Å². The molecular formula is C46H62N2O6Si. The van der Waals surface area contributed by atoms with Crippen molar-refractivity contribution in [3.8, 4) is 0 Å². The molecule has 0 aliphatic carbocycles. The van der Waals surface area contributed by atoms with Crippen LogP contribution < -0.4 is 21.0 Å². The summed E-state index contributed by atoms with van der Waals surface area (Å²) in [6, 6.07) is 20.4. The van der Waals surface area contributed by atoms with E-state index in [2.05, 4.69) is 86.0 Å². The fraction of sp³-hybridized carbons (Fsp3) is 0.413. The van der Waals surface area contributed by atoms with Crippen molar-refractivity contribution < 1.29 is 28.3 Å². The Balaban J connectivity index is 1.68. The largest absolute Gasteiger partial charge is 0.490 e. The molecule has 0 saturated heterocycles. The van der Waals surface area contributed by atoms with Gasteiger partial charge in [-0.3, -0.25) is 9.59 Å². The first kappa shape index (κ1) is 44.7. The smallest absolute Gasteiger partial charge is 0.373 e. The van der Waals surface area contributed by atoms with Gasteiger partial charge in [-0.2, -0.15) is 0 Å². The first-order valence-electron chi connectivity index (χ1n) is 19.2. The number of hydrogen-bond acceptors (Lipinski definition) is 6. The Morgan fingerprint density at radius 2 is 1.51 bits per heavy atom. The molecule has 0 bridgehead atoms. The van der Waals surface area contributed by atoms with Crippen LogP contribution in [0.5, 0.6) is 0 Å². The van der Waals surface area contributed by atoms with Crippen molar-refractivity contribution in [2.75, 3.05) is 7.11 Å².